The highest BCUT2D eigenvalue weighted by atomic mass is 16.2. The molecule has 114 valence electrons. The van der Waals surface area contributed by atoms with E-state index >= 15 is 0 Å². The molecule has 2 rings (SSSR count). The van der Waals surface area contributed by atoms with E-state index in [9.17, 15) is 9.59 Å². The number of nitrogens with one attached hydrogen (secondary N) is 1. The normalized spacial score (nSPS) is 19.1. The largest absolute Gasteiger partial charge is 0.345 e. The summed E-state index contributed by atoms with van der Waals surface area (Å²) < 4.78 is 0. The minimum absolute atomic E-state index is 0.0429. The van der Waals surface area contributed by atoms with Gasteiger partial charge >= 0.3 is 0 Å². The summed E-state index contributed by atoms with van der Waals surface area (Å²) in [7, 11) is 3.57. The Morgan fingerprint density at radius 3 is 2.81 bits per heavy atom. The van der Waals surface area contributed by atoms with Crippen LogP contribution in [0.2, 0.25) is 0 Å². The molecule has 5 nitrogen and oxygen atoms in total. The van der Waals surface area contributed by atoms with Gasteiger partial charge in [0.15, 0.2) is 0 Å². The van der Waals surface area contributed by atoms with Gasteiger partial charge in [-0.15, -0.1) is 0 Å². The molecular formula is C16H23N3O2. The van der Waals surface area contributed by atoms with Crippen molar-refractivity contribution in [3.8, 4) is 0 Å². The monoisotopic (exact) mass is 289 g/mol. The lowest BCUT2D eigenvalue weighted by atomic mass is 9.95. The molecule has 0 bridgehead atoms. The third-order valence-electron chi connectivity index (χ3n) is 4.10. The van der Waals surface area contributed by atoms with Gasteiger partial charge in [-0.3, -0.25) is 14.9 Å². The van der Waals surface area contributed by atoms with Crippen molar-refractivity contribution in [1.29, 1.82) is 0 Å². The summed E-state index contributed by atoms with van der Waals surface area (Å²) >= 11 is 0. The van der Waals surface area contributed by atoms with E-state index < -0.39 is 0 Å². The van der Waals surface area contributed by atoms with Crippen molar-refractivity contribution in [3.63, 3.8) is 0 Å². The summed E-state index contributed by atoms with van der Waals surface area (Å²) in [5, 5.41) is 3.30. The van der Waals surface area contributed by atoms with Crippen LogP contribution in [0.1, 0.15) is 31.9 Å². The first-order chi connectivity index (χ1) is 9.95. The summed E-state index contributed by atoms with van der Waals surface area (Å²) in [5.41, 5.74) is 1.98. The molecule has 1 heterocycles. The molecule has 5 heteroatoms. The van der Waals surface area contributed by atoms with Gasteiger partial charge in [0.25, 0.3) is 0 Å². The van der Waals surface area contributed by atoms with Gasteiger partial charge in [-0.2, -0.15) is 0 Å². The van der Waals surface area contributed by atoms with Crippen LogP contribution in [0.15, 0.2) is 24.3 Å². The Morgan fingerprint density at radius 2 is 2.14 bits per heavy atom. The molecule has 0 saturated heterocycles. The third kappa shape index (κ3) is 3.08. The molecule has 1 aromatic carbocycles. The van der Waals surface area contributed by atoms with Crippen molar-refractivity contribution in [2.24, 2.45) is 0 Å². The van der Waals surface area contributed by atoms with E-state index in [4.69, 9.17) is 0 Å². The molecular weight excluding hydrogens is 266 g/mol. The fourth-order valence-corrected chi connectivity index (χ4v) is 2.65. The molecule has 1 N–H and O–H groups in total. The van der Waals surface area contributed by atoms with Crippen LogP contribution in [0.3, 0.4) is 0 Å². The van der Waals surface area contributed by atoms with Crippen LogP contribution in [-0.2, 0) is 9.59 Å². The maximum atomic E-state index is 12.2. The molecule has 21 heavy (non-hydrogen) atoms. The molecule has 2 unspecified atom stereocenters. The van der Waals surface area contributed by atoms with E-state index in [1.165, 1.54) is 0 Å². The van der Waals surface area contributed by atoms with Crippen molar-refractivity contribution in [2.45, 2.75) is 32.4 Å². The van der Waals surface area contributed by atoms with Gasteiger partial charge in [0.1, 0.15) is 0 Å². The van der Waals surface area contributed by atoms with E-state index in [2.05, 4.69) is 5.32 Å². The Kier molecular flexibility index (Phi) is 4.63. The number of hydrogen-bond donors (Lipinski definition) is 1. The molecule has 1 aromatic rings. The smallest absolute Gasteiger partial charge is 0.239 e. The number of para-hydroxylation sites is 1. The van der Waals surface area contributed by atoms with Gasteiger partial charge in [0.2, 0.25) is 11.8 Å². The van der Waals surface area contributed by atoms with Crippen molar-refractivity contribution in [3.05, 3.63) is 29.8 Å². The quantitative estimate of drug-likeness (QED) is 0.915. The maximum absolute atomic E-state index is 12.2. The van der Waals surface area contributed by atoms with Crippen molar-refractivity contribution >= 4 is 17.5 Å². The number of rotatable bonds is 4. The highest BCUT2D eigenvalue weighted by molar-refractivity contribution is 5.96. The summed E-state index contributed by atoms with van der Waals surface area (Å²) in [6, 6.07) is 7.40. The SMILES string of the molecule is CCN(C)C(=O)C(C)NC1CC(=O)N(C)c2ccccc21. The molecule has 0 spiro atoms. The van der Waals surface area contributed by atoms with Crippen LogP contribution in [0.5, 0.6) is 0 Å². The number of hydrogen-bond acceptors (Lipinski definition) is 3. The van der Waals surface area contributed by atoms with Gasteiger partial charge in [0, 0.05) is 38.8 Å². The second kappa shape index (κ2) is 6.26. The highest BCUT2D eigenvalue weighted by Gasteiger charge is 2.31. The minimum Gasteiger partial charge on any atom is -0.345 e. The average molecular weight is 289 g/mol. The number of nitrogens with zero attached hydrogens (tertiary/aromatic N) is 2. The number of likely N-dealkylation sites (N-methyl/N-ethyl adjacent to an activating group) is 1. The first-order valence-electron chi connectivity index (χ1n) is 7.32. The second-order valence-electron chi connectivity index (χ2n) is 5.51. The topological polar surface area (TPSA) is 52.7 Å². The van der Waals surface area contributed by atoms with Crippen molar-refractivity contribution in [2.75, 3.05) is 25.5 Å². The predicted molar refractivity (Wildman–Crippen MR) is 83.1 cm³/mol. The molecule has 0 aliphatic carbocycles. The van der Waals surface area contributed by atoms with Gasteiger partial charge in [-0.1, -0.05) is 18.2 Å². The zero-order valence-electron chi connectivity index (χ0n) is 13.1. The molecule has 2 atom stereocenters. The zero-order valence-corrected chi connectivity index (χ0v) is 13.1. The summed E-state index contributed by atoms with van der Waals surface area (Å²) in [6.45, 7) is 4.46. The highest BCUT2D eigenvalue weighted by Crippen LogP contribution is 2.33. The van der Waals surface area contributed by atoms with E-state index in [1.54, 1.807) is 23.9 Å². The van der Waals surface area contributed by atoms with Gasteiger partial charge < -0.3 is 9.80 Å². The van der Waals surface area contributed by atoms with Gasteiger partial charge in [0.05, 0.1) is 6.04 Å². The summed E-state index contributed by atoms with van der Waals surface area (Å²) in [4.78, 5) is 27.6. The third-order valence-corrected chi connectivity index (χ3v) is 4.10. The number of amides is 2. The molecule has 1 aliphatic rings. The number of carbonyl (C=O) groups excluding carboxylic acids is 2. The summed E-state index contributed by atoms with van der Waals surface area (Å²) in [5.74, 6) is 0.107. The molecule has 1 aliphatic heterocycles. The van der Waals surface area contributed by atoms with Crippen LogP contribution in [0.4, 0.5) is 5.69 Å². The molecule has 0 aromatic heterocycles. The molecule has 0 fully saturated rings. The first kappa shape index (κ1) is 15.5. The van der Waals surface area contributed by atoms with Crippen molar-refractivity contribution < 1.29 is 9.59 Å². The lowest BCUT2D eigenvalue weighted by molar-refractivity contribution is -0.132. The number of anilines is 1. The minimum atomic E-state index is -0.316. The average Bonchev–Trinajstić information content (AvgIpc) is 2.50. The number of fused-ring (bicyclic) bond motifs is 1. The van der Waals surface area contributed by atoms with Crippen LogP contribution >= 0.6 is 0 Å². The Hall–Kier alpha value is -1.88. The maximum Gasteiger partial charge on any atom is 0.239 e. The fraction of sp³-hybridized carbons (Fsp3) is 0.500. The number of benzene rings is 1. The van der Waals surface area contributed by atoms with Crippen LogP contribution in [0.25, 0.3) is 0 Å². The van der Waals surface area contributed by atoms with Crippen LogP contribution < -0.4 is 10.2 Å². The van der Waals surface area contributed by atoms with Gasteiger partial charge in [-0.05, 0) is 25.5 Å². The van der Waals surface area contributed by atoms with E-state index in [0.29, 0.717) is 13.0 Å². The van der Waals surface area contributed by atoms with Crippen LogP contribution in [0, 0.1) is 0 Å². The molecule has 2 amide bonds. The predicted octanol–water partition coefficient (Wildman–Crippen LogP) is 1.55. The zero-order chi connectivity index (χ0) is 15.6. The first-order valence-corrected chi connectivity index (χ1v) is 7.32. The van der Waals surface area contributed by atoms with E-state index in [1.807, 2.05) is 38.1 Å². The van der Waals surface area contributed by atoms with Crippen LogP contribution in [-0.4, -0.2) is 43.4 Å². The Bertz CT molecular complexity index is 544. The second-order valence-corrected chi connectivity index (χ2v) is 5.51. The van der Waals surface area contributed by atoms with Crippen molar-refractivity contribution in [1.82, 2.24) is 10.2 Å². The van der Waals surface area contributed by atoms with E-state index in [-0.39, 0.29) is 23.9 Å². The number of carbonyl (C=O) groups is 2. The molecule has 0 saturated carbocycles. The lowest BCUT2D eigenvalue weighted by Crippen LogP contribution is -2.47. The Labute approximate surface area is 125 Å². The molecule has 0 radical (unpaired) electrons. The summed E-state index contributed by atoms with van der Waals surface area (Å²) in [6.07, 6.45) is 0.376. The van der Waals surface area contributed by atoms with Gasteiger partial charge in [-0.25, -0.2) is 0 Å². The van der Waals surface area contributed by atoms with E-state index in [0.717, 1.165) is 11.3 Å². The lowest BCUT2D eigenvalue weighted by Gasteiger charge is -2.34. The Morgan fingerprint density at radius 1 is 1.48 bits per heavy atom. The Balaban J connectivity index is 2.19. The standard InChI is InChI=1S/C16H23N3O2/c1-5-18(3)16(21)11(2)17-13-10-15(20)19(4)14-9-7-6-8-12(13)14/h6-9,11,13,17H,5,10H2,1-4H3. The fourth-order valence-electron chi connectivity index (χ4n) is 2.65.